The average Bonchev–Trinajstić information content (AvgIpc) is 2.42. The molecule has 1 aliphatic heterocycles. The van der Waals surface area contributed by atoms with E-state index in [2.05, 4.69) is 11.8 Å². The van der Waals surface area contributed by atoms with Gasteiger partial charge in [0.25, 0.3) is 0 Å². The van der Waals surface area contributed by atoms with Crippen molar-refractivity contribution in [2.45, 2.75) is 31.9 Å². The lowest BCUT2D eigenvalue weighted by molar-refractivity contribution is -0.0400. The van der Waals surface area contributed by atoms with Gasteiger partial charge in [-0.1, -0.05) is 24.6 Å². The molecule has 5 heteroatoms. The minimum absolute atomic E-state index is 0.0106. The van der Waals surface area contributed by atoms with E-state index >= 15 is 0 Å². The van der Waals surface area contributed by atoms with Gasteiger partial charge in [-0.3, -0.25) is 4.90 Å². The summed E-state index contributed by atoms with van der Waals surface area (Å²) in [6, 6.07) is 4.32. The molecule has 1 fully saturated rings. The van der Waals surface area contributed by atoms with Crippen LogP contribution in [0.3, 0.4) is 0 Å². The van der Waals surface area contributed by atoms with Crippen LogP contribution in [-0.4, -0.2) is 43.3 Å². The van der Waals surface area contributed by atoms with Gasteiger partial charge in [0.1, 0.15) is 5.82 Å². The molecule has 1 aromatic carbocycles. The van der Waals surface area contributed by atoms with E-state index in [0.29, 0.717) is 11.4 Å². The molecular weight excluding hydrogens is 279 g/mol. The molecule has 2 N–H and O–H groups in total. The van der Waals surface area contributed by atoms with E-state index in [1.165, 1.54) is 12.1 Å². The third kappa shape index (κ3) is 4.16. The van der Waals surface area contributed by atoms with Crippen LogP contribution in [0.4, 0.5) is 4.39 Å². The topological polar surface area (TPSA) is 38.5 Å². The first-order valence-corrected chi connectivity index (χ1v) is 7.51. The molecule has 1 aliphatic rings. The minimum atomic E-state index is -0.324. The molecule has 0 radical (unpaired) electrons. The summed E-state index contributed by atoms with van der Waals surface area (Å²) in [4.78, 5) is 2.38. The lowest BCUT2D eigenvalue weighted by Gasteiger charge is -2.35. The van der Waals surface area contributed by atoms with E-state index < -0.39 is 0 Å². The molecule has 2 rings (SSSR count). The van der Waals surface area contributed by atoms with E-state index in [-0.39, 0.29) is 18.0 Å². The van der Waals surface area contributed by atoms with Crippen molar-refractivity contribution in [2.75, 3.05) is 26.2 Å². The fraction of sp³-hybridized carbons (Fsp3) is 0.600. The fourth-order valence-electron chi connectivity index (χ4n) is 2.58. The van der Waals surface area contributed by atoms with Crippen LogP contribution in [0.25, 0.3) is 0 Å². The van der Waals surface area contributed by atoms with Crippen molar-refractivity contribution in [3.8, 4) is 0 Å². The van der Waals surface area contributed by atoms with E-state index in [4.69, 9.17) is 22.1 Å². The zero-order valence-corrected chi connectivity index (χ0v) is 12.6. The molecule has 1 saturated heterocycles. The van der Waals surface area contributed by atoms with Gasteiger partial charge in [0.2, 0.25) is 0 Å². The van der Waals surface area contributed by atoms with Crippen molar-refractivity contribution in [1.82, 2.24) is 4.90 Å². The predicted octanol–water partition coefficient (Wildman–Crippen LogP) is 2.46. The number of hydrogen-bond donors (Lipinski definition) is 1. The van der Waals surface area contributed by atoms with Crippen molar-refractivity contribution >= 4 is 11.6 Å². The summed E-state index contributed by atoms with van der Waals surface area (Å²) in [5.74, 6) is -0.324. The second kappa shape index (κ2) is 7.36. The molecular formula is C15H22ClFN2O. The molecule has 3 nitrogen and oxygen atoms in total. The highest BCUT2D eigenvalue weighted by Crippen LogP contribution is 2.20. The molecule has 2 atom stereocenters. The van der Waals surface area contributed by atoms with Crippen LogP contribution in [0.5, 0.6) is 0 Å². The summed E-state index contributed by atoms with van der Waals surface area (Å²) in [5, 5.41) is 0.432. The van der Waals surface area contributed by atoms with Crippen LogP contribution < -0.4 is 5.73 Å². The lowest BCUT2D eigenvalue weighted by atomic mass is 10.0. The van der Waals surface area contributed by atoms with Gasteiger partial charge in [-0.25, -0.2) is 4.39 Å². The number of ether oxygens (including phenoxy) is 1. The summed E-state index contributed by atoms with van der Waals surface area (Å²) in [6.07, 6.45) is 1.74. The van der Waals surface area contributed by atoms with Gasteiger partial charge >= 0.3 is 0 Å². The van der Waals surface area contributed by atoms with Crippen LogP contribution in [0.2, 0.25) is 5.02 Å². The van der Waals surface area contributed by atoms with Gasteiger partial charge in [0.15, 0.2) is 0 Å². The van der Waals surface area contributed by atoms with E-state index in [1.54, 1.807) is 6.07 Å². The normalized spacial score (nSPS) is 21.9. The zero-order valence-electron chi connectivity index (χ0n) is 11.8. The SMILES string of the molecule is CCCN1CCOC(C(N)Cc2ccc(F)cc2Cl)C1. The molecule has 1 heterocycles. The van der Waals surface area contributed by atoms with Crippen LogP contribution in [-0.2, 0) is 11.2 Å². The van der Waals surface area contributed by atoms with Gasteiger partial charge < -0.3 is 10.5 Å². The Balaban J connectivity index is 1.95. The first-order chi connectivity index (χ1) is 9.60. The second-order valence-corrected chi connectivity index (χ2v) is 5.72. The maximum Gasteiger partial charge on any atom is 0.124 e. The fourth-order valence-corrected chi connectivity index (χ4v) is 2.83. The van der Waals surface area contributed by atoms with Crippen molar-refractivity contribution < 1.29 is 9.13 Å². The number of morpholine rings is 1. The van der Waals surface area contributed by atoms with Crippen molar-refractivity contribution in [3.05, 3.63) is 34.6 Å². The Morgan fingerprint density at radius 2 is 2.35 bits per heavy atom. The van der Waals surface area contributed by atoms with Gasteiger partial charge in [-0.15, -0.1) is 0 Å². The monoisotopic (exact) mass is 300 g/mol. The molecule has 2 unspecified atom stereocenters. The molecule has 0 aromatic heterocycles. The maximum atomic E-state index is 13.0. The smallest absolute Gasteiger partial charge is 0.124 e. The highest BCUT2D eigenvalue weighted by Gasteiger charge is 2.26. The predicted molar refractivity (Wildman–Crippen MR) is 79.6 cm³/mol. The number of hydrogen-bond acceptors (Lipinski definition) is 3. The Morgan fingerprint density at radius 3 is 3.05 bits per heavy atom. The Hall–Kier alpha value is -0.680. The quantitative estimate of drug-likeness (QED) is 0.908. The van der Waals surface area contributed by atoms with Crippen LogP contribution in [0.1, 0.15) is 18.9 Å². The molecule has 1 aromatic rings. The third-order valence-electron chi connectivity index (χ3n) is 3.67. The van der Waals surface area contributed by atoms with Crippen molar-refractivity contribution in [2.24, 2.45) is 5.73 Å². The summed E-state index contributed by atoms with van der Waals surface area (Å²) < 4.78 is 18.8. The maximum absolute atomic E-state index is 13.0. The highest BCUT2D eigenvalue weighted by molar-refractivity contribution is 6.31. The van der Waals surface area contributed by atoms with Crippen molar-refractivity contribution in [3.63, 3.8) is 0 Å². The second-order valence-electron chi connectivity index (χ2n) is 5.31. The van der Waals surface area contributed by atoms with Gasteiger partial charge in [-0.05, 0) is 37.1 Å². The average molecular weight is 301 g/mol. The van der Waals surface area contributed by atoms with E-state index in [0.717, 1.165) is 38.2 Å². The Kier molecular flexibility index (Phi) is 5.78. The molecule has 0 aliphatic carbocycles. The summed E-state index contributed by atoms with van der Waals surface area (Å²) in [6.45, 7) is 5.78. The Bertz CT molecular complexity index is 442. The third-order valence-corrected chi connectivity index (χ3v) is 4.02. The standard InChI is InChI=1S/C15H22ClFN2O/c1-2-5-19-6-7-20-15(10-19)14(18)8-11-3-4-12(17)9-13(11)16/h3-4,9,14-15H,2,5-8,10,18H2,1H3. The number of halogens is 2. The number of benzene rings is 1. The summed E-state index contributed by atoms with van der Waals surface area (Å²) >= 11 is 6.04. The number of rotatable bonds is 5. The molecule has 0 saturated carbocycles. The van der Waals surface area contributed by atoms with E-state index in [1.807, 2.05) is 0 Å². The minimum Gasteiger partial charge on any atom is -0.374 e. The zero-order chi connectivity index (χ0) is 14.5. The molecule has 20 heavy (non-hydrogen) atoms. The summed E-state index contributed by atoms with van der Waals surface area (Å²) in [5.41, 5.74) is 7.11. The highest BCUT2D eigenvalue weighted by atomic mass is 35.5. The molecule has 0 bridgehead atoms. The number of nitrogens with zero attached hydrogens (tertiary/aromatic N) is 1. The largest absolute Gasteiger partial charge is 0.374 e. The van der Waals surface area contributed by atoms with Crippen LogP contribution in [0.15, 0.2) is 18.2 Å². The lowest BCUT2D eigenvalue weighted by Crippen LogP contribution is -2.51. The van der Waals surface area contributed by atoms with Gasteiger partial charge in [0, 0.05) is 24.2 Å². The van der Waals surface area contributed by atoms with E-state index in [9.17, 15) is 4.39 Å². The molecule has 0 spiro atoms. The Morgan fingerprint density at radius 1 is 1.55 bits per heavy atom. The van der Waals surface area contributed by atoms with Gasteiger partial charge in [-0.2, -0.15) is 0 Å². The first kappa shape index (κ1) is 15.7. The van der Waals surface area contributed by atoms with Crippen LogP contribution >= 0.6 is 11.6 Å². The summed E-state index contributed by atoms with van der Waals surface area (Å²) in [7, 11) is 0. The molecule has 0 amide bonds. The van der Waals surface area contributed by atoms with Crippen LogP contribution in [0, 0.1) is 5.82 Å². The number of nitrogens with two attached hydrogens (primary N) is 1. The molecule has 112 valence electrons. The van der Waals surface area contributed by atoms with Crippen molar-refractivity contribution in [1.29, 1.82) is 0 Å². The first-order valence-electron chi connectivity index (χ1n) is 7.13. The Labute approximate surface area is 124 Å². The van der Waals surface area contributed by atoms with Gasteiger partial charge in [0.05, 0.1) is 12.7 Å².